The van der Waals surface area contributed by atoms with Gasteiger partial charge in [0.2, 0.25) is 0 Å². The average Bonchev–Trinajstić information content (AvgIpc) is 1.69. The van der Waals surface area contributed by atoms with Gasteiger partial charge < -0.3 is 4.74 Å². The third-order valence-electron chi connectivity index (χ3n) is 1.47. The van der Waals surface area contributed by atoms with Crippen molar-refractivity contribution in [1.29, 1.82) is 0 Å². The zero-order valence-corrected chi connectivity index (χ0v) is 4.85. The maximum absolute atomic E-state index is 4.33. The predicted molar refractivity (Wildman–Crippen MR) is 30.4 cm³/mol. The highest BCUT2D eigenvalue weighted by Gasteiger charge is 2.10. The van der Waals surface area contributed by atoms with Crippen molar-refractivity contribution in [2.45, 2.75) is 32.3 Å². The Bertz CT molecular complexity index is 46.1. The van der Waals surface area contributed by atoms with Crippen LogP contribution in [0.4, 0.5) is 0 Å². The van der Waals surface area contributed by atoms with Crippen molar-refractivity contribution in [2.75, 3.05) is 6.61 Å². The summed E-state index contributed by atoms with van der Waals surface area (Å²) in [6.45, 7) is 3.31. The molecule has 0 saturated carbocycles. The minimum Gasteiger partial charge on any atom is -0.432 e. The van der Waals surface area contributed by atoms with Crippen molar-refractivity contribution in [2.24, 2.45) is 0 Å². The topological polar surface area (TPSA) is 12.8 Å². The molecule has 42 valence electrons. The van der Waals surface area contributed by atoms with Crippen molar-refractivity contribution < 1.29 is 4.74 Å². The largest absolute Gasteiger partial charge is 0.432 e. The van der Waals surface area contributed by atoms with Crippen molar-refractivity contribution in [1.82, 2.24) is 0 Å². The average molecular weight is 101 g/mol. The molecule has 1 aliphatic rings. The summed E-state index contributed by atoms with van der Waals surface area (Å²) >= 11 is 0. The van der Waals surface area contributed by atoms with E-state index in [2.05, 4.69) is 11.7 Å². The van der Waals surface area contributed by atoms with E-state index in [-0.39, 0.29) is 0 Å². The molecule has 1 unspecified atom stereocenters. The maximum Gasteiger partial charge on any atom is 0.151 e. The van der Waals surface area contributed by atoms with E-state index in [0.29, 0.717) is 6.10 Å². The molecule has 0 aromatic rings. The Balaban J connectivity index is 2.12. The van der Waals surface area contributed by atoms with Crippen LogP contribution in [0.1, 0.15) is 26.2 Å². The summed E-state index contributed by atoms with van der Waals surface area (Å²) in [4.78, 5) is 0. The van der Waals surface area contributed by atoms with E-state index in [9.17, 15) is 0 Å². The molecular formula is C6H13O+. The van der Waals surface area contributed by atoms with Crippen LogP contribution in [0.15, 0.2) is 0 Å². The fourth-order valence-corrected chi connectivity index (χ4v) is 0.955. The lowest BCUT2D eigenvalue weighted by Gasteiger charge is -2.13. The number of aliphatic hydroxyl groups is 2. The minimum atomic E-state index is 0.661. The first-order chi connectivity index (χ1) is 3.39. The first-order valence-electron chi connectivity index (χ1n) is 3.06. The molecule has 1 N–H and O–H groups in total. The summed E-state index contributed by atoms with van der Waals surface area (Å²) in [6.07, 6.45) is 4.70. The van der Waals surface area contributed by atoms with Gasteiger partial charge in [-0.25, -0.2) is 0 Å². The van der Waals surface area contributed by atoms with Gasteiger partial charge in [0.05, 0.1) is 0 Å². The van der Waals surface area contributed by atoms with Crippen molar-refractivity contribution >= 4 is 0 Å². The highest BCUT2D eigenvalue weighted by Crippen LogP contribution is 2.07. The van der Waals surface area contributed by atoms with Gasteiger partial charge in [-0.2, -0.15) is 0 Å². The molecule has 1 fully saturated rings. The number of ether oxygens (including phenoxy) is 1. The SMILES string of the molecule is CC1CCCC[OH+]1. The second-order valence-corrected chi connectivity index (χ2v) is 2.25. The van der Waals surface area contributed by atoms with Crippen LogP contribution < -0.4 is 0 Å². The Morgan fingerprint density at radius 3 is 2.57 bits per heavy atom. The van der Waals surface area contributed by atoms with Crippen LogP contribution >= 0.6 is 0 Å². The molecule has 1 aliphatic heterocycles. The van der Waals surface area contributed by atoms with E-state index < -0.39 is 0 Å². The fraction of sp³-hybridized carbons (Fsp3) is 1.00. The molecule has 0 radical (unpaired) electrons. The Hall–Kier alpha value is -0.0400. The molecule has 1 heterocycles. The van der Waals surface area contributed by atoms with Crippen molar-refractivity contribution in [3.05, 3.63) is 0 Å². The fourth-order valence-electron chi connectivity index (χ4n) is 0.955. The number of hydrogen-bond acceptors (Lipinski definition) is 0. The zero-order chi connectivity index (χ0) is 5.11. The van der Waals surface area contributed by atoms with E-state index in [1.165, 1.54) is 19.3 Å². The molecule has 0 bridgehead atoms. The van der Waals surface area contributed by atoms with Crippen LogP contribution in [0.2, 0.25) is 0 Å². The monoisotopic (exact) mass is 101 g/mol. The molecule has 1 atom stereocenters. The predicted octanol–water partition coefficient (Wildman–Crippen LogP) is 1.09. The van der Waals surface area contributed by atoms with Crippen molar-refractivity contribution in [3.8, 4) is 0 Å². The van der Waals surface area contributed by atoms with Gasteiger partial charge in [-0.3, -0.25) is 0 Å². The molecule has 0 spiro atoms. The first kappa shape index (κ1) is 5.10. The van der Waals surface area contributed by atoms with Crippen LogP contribution in [0.5, 0.6) is 0 Å². The van der Waals surface area contributed by atoms with Crippen LogP contribution in [-0.2, 0) is 0 Å². The summed E-state index contributed by atoms with van der Waals surface area (Å²) in [5.74, 6) is 0. The number of hydrogen-bond donors (Lipinski definition) is 0. The van der Waals surface area contributed by atoms with Crippen molar-refractivity contribution in [3.63, 3.8) is 0 Å². The smallest absolute Gasteiger partial charge is 0.151 e. The summed E-state index contributed by atoms with van der Waals surface area (Å²) in [7, 11) is 0. The quantitative estimate of drug-likeness (QED) is 0.405. The Morgan fingerprint density at radius 1 is 1.43 bits per heavy atom. The van der Waals surface area contributed by atoms with Gasteiger partial charge in [0.15, 0.2) is 6.10 Å². The third kappa shape index (κ3) is 1.48. The molecule has 0 aromatic heterocycles. The molecule has 1 nitrogen and oxygen atoms in total. The van der Waals surface area contributed by atoms with Gasteiger partial charge in [-0.05, 0) is 6.42 Å². The summed E-state index contributed by atoms with van der Waals surface area (Å²) in [6, 6.07) is 0. The highest BCUT2D eigenvalue weighted by molar-refractivity contribution is 4.54. The first-order valence-corrected chi connectivity index (χ1v) is 3.06. The summed E-state index contributed by atoms with van der Waals surface area (Å²) in [5, 5.41) is 0. The normalized spacial score (nSPS) is 33.0. The molecule has 0 amide bonds. The molecule has 0 aliphatic carbocycles. The lowest BCUT2D eigenvalue weighted by molar-refractivity contribution is -0.120. The Kier molecular flexibility index (Phi) is 1.69. The standard InChI is InChI=1S/C6H12O/c1-6-4-2-3-5-7-6/h6H,2-5H2,1H3/p+1. The van der Waals surface area contributed by atoms with Crippen LogP contribution in [0, 0.1) is 0 Å². The van der Waals surface area contributed by atoms with E-state index in [0.717, 1.165) is 6.61 Å². The lowest BCUT2D eigenvalue weighted by atomic mass is 10.1. The van der Waals surface area contributed by atoms with E-state index in [4.69, 9.17) is 0 Å². The maximum atomic E-state index is 4.33. The third-order valence-corrected chi connectivity index (χ3v) is 1.47. The second-order valence-electron chi connectivity index (χ2n) is 2.25. The highest BCUT2D eigenvalue weighted by atomic mass is 16.5. The molecule has 1 heteroatoms. The summed E-state index contributed by atoms with van der Waals surface area (Å²) in [5.41, 5.74) is 0. The lowest BCUT2D eigenvalue weighted by Crippen LogP contribution is -2.19. The molecule has 1 rings (SSSR count). The Morgan fingerprint density at radius 2 is 2.29 bits per heavy atom. The molecule has 0 aromatic carbocycles. The van der Waals surface area contributed by atoms with Gasteiger partial charge in [-0.15, -0.1) is 0 Å². The molecular weight excluding hydrogens is 88.1 g/mol. The summed E-state index contributed by atoms with van der Waals surface area (Å²) < 4.78 is 4.33. The second kappa shape index (κ2) is 2.31. The molecule has 1 saturated heterocycles. The molecule has 7 heavy (non-hydrogen) atoms. The van der Waals surface area contributed by atoms with Gasteiger partial charge >= 0.3 is 0 Å². The zero-order valence-electron chi connectivity index (χ0n) is 4.85. The van der Waals surface area contributed by atoms with E-state index in [1.807, 2.05) is 0 Å². The number of rotatable bonds is 0. The minimum absolute atomic E-state index is 0.661. The Labute approximate surface area is 44.7 Å². The van der Waals surface area contributed by atoms with Crippen LogP contribution in [0.25, 0.3) is 0 Å². The van der Waals surface area contributed by atoms with E-state index in [1.54, 1.807) is 0 Å². The van der Waals surface area contributed by atoms with E-state index >= 15 is 0 Å². The van der Waals surface area contributed by atoms with Crippen LogP contribution in [0.3, 0.4) is 0 Å². The van der Waals surface area contributed by atoms with Gasteiger partial charge in [0.25, 0.3) is 0 Å². The van der Waals surface area contributed by atoms with Crippen LogP contribution in [-0.4, -0.2) is 17.4 Å². The van der Waals surface area contributed by atoms with Gasteiger partial charge in [0.1, 0.15) is 6.61 Å². The van der Waals surface area contributed by atoms with Gasteiger partial charge in [-0.1, -0.05) is 0 Å². The van der Waals surface area contributed by atoms with Gasteiger partial charge in [0, 0.05) is 19.8 Å².